The zero-order chi connectivity index (χ0) is 17.0. The Labute approximate surface area is 144 Å². The predicted molar refractivity (Wildman–Crippen MR) is 92.5 cm³/mol. The summed E-state index contributed by atoms with van der Waals surface area (Å²) in [5.41, 5.74) is 7.60. The number of benzene rings is 1. The lowest BCUT2D eigenvalue weighted by Gasteiger charge is -2.26. The van der Waals surface area contributed by atoms with Gasteiger partial charge in [-0.2, -0.15) is 0 Å². The first-order chi connectivity index (χ1) is 11.5. The van der Waals surface area contributed by atoms with E-state index in [4.69, 9.17) is 5.73 Å². The van der Waals surface area contributed by atoms with Gasteiger partial charge in [-0.05, 0) is 49.8 Å². The van der Waals surface area contributed by atoms with Gasteiger partial charge in [0.2, 0.25) is 0 Å². The third kappa shape index (κ3) is 2.36. The van der Waals surface area contributed by atoms with Gasteiger partial charge in [-0.15, -0.1) is 11.3 Å². The number of rotatable bonds is 3. The van der Waals surface area contributed by atoms with E-state index in [9.17, 15) is 9.18 Å². The van der Waals surface area contributed by atoms with Crippen LogP contribution in [0.15, 0.2) is 18.2 Å². The van der Waals surface area contributed by atoms with Crippen molar-refractivity contribution < 1.29 is 9.18 Å². The molecule has 126 valence electrons. The summed E-state index contributed by atoms with van der Waals surface area (Å²) in [6.07, 6.45) is 2.06. The van der Waals surface area contributed by atoms with E-state index < -0.39 is 0 Å². The van der Waals surface area contributed by atoms with Crippen LogP contribution in [0.2, 0.25) is 0 Å². The molecule has 2 fully saturated rings. The van der Waals surface area contributed by atoms with Crippen LogP contribution in [0.1, 0.15) is 33.9 Å². The van der Waals surface area contributed by atoms with Crippen LogP contribution < -0.4 is 5.73 Å². The lowest BCUT2D eigenvalue weighted by Crippen LogP contribution is -2.42. The lowest BCUT2D eigenvalue weighted by molar-refractivity contribution is 0.0701. The van der Waals surface area contributed by atoms with Gasteiger partial charge in [-0.3, -0.25) is 4.79 Å². The summed E-state index contributed by atoms with van der Waals surface area (Å²) in [5.74, 6) is 0.278. The minimum atomic E-state index is -0.264. The number of aryl methyl sites for hydroxylation is 1. The molecule has 2 heterocycles. The number of amides is 1. The van der Waals surface area contributed by atoms with E-state index in [-0.39, 0.29) is 17.8 Å². The third-order valence-corrected chi connectivity index (χ3v) is 6.17. The maximum absolute atomic E-state index is 14.0. The second-order valence-corrected chi connectivity index (χ2v) is 7.93. The van der Waals surface area contributed by atoms with Crippen molar-refractivity contribution in [3.8, 4) is 10.4 Å². The molecular formula is C18H20FN3OS. The number of piperidine rings is 1. The second kappa shape index (κ2) is 5.63. The number of nitrogens with two attached hydrogens (primary N) is 1. The minimum absolute atomic E-state index is 0.0570. The van der Waals surface area contributed by atoms with Crippen molar-refractivity contribution in [3.63, 3.8) is 0 Å². The highest BCUT2D eigenvalue weighted by atomic mass is 32.1. The number of halogens is 1. The SMILES string of the molecule is Cc1nc(C(=O)N2[C@H](CN)C[C@@H]3C[C@@H]32)c(-c2cccc(F)c2C)s1. The van der Waals surface area contributed by atoms with Crippen LogP contribution in [0, 0.1) is 25.6 Å². The number of carbonyl (C=O) groups is 1. The maximum atomic E-state index is 14.0. The van der Waals surface area contributed by atoms with Gasteiger partial charge in [0.25, 0.3) is 5.91 Å². The highest BCUT2D eigenvalue weighted by Gasteiger charge is 2.54. The minimum Gasteiger partial charge on any atom is -0.330 e. The Morgan fingerprint density at radius 3 is 2.96 bits per heavy atom. The van der Waals surface area contributed by atoms with E-state index in [0.29, 0.717) is 29.8 Å². The molecule has 24 heavy (non-hydrogen) atoms. The third-order valence-electron chi connectivity index (χ3n) is 5.17. The number of likely N-dealkylation sites (tertiary alicyclic amines) is 1. The molecule has 0 bridgehead atoms. The molecule has 1 aromatic carbocycles. The van der Waals surface area contributed by atoms with Gasteiger partial charge >= 0.3 is 0 Å². The largest absolute Gasteiger partial charge is 0.330 e. The first kappa shape index (κ1) is 15.7. The maximum Gasteiger partial charge on any atom is 0.274 e. The van der Waals surface area contributed by atoms with Crippen molar-refractivity contribution >= 4 is 17.2 Å². The van der Waals surface area contributed by atoms with Crippen LogP contribution in [0.25, 0.3) is 10.4 Å². The van der Waals surface area contributed by atoms with E-state index in [1.54, 1.807) is 13.0 Å². The number of thiazole rings is 1. The van der Waals surface area contributed by atoms with Crippen LogP contribution >= 0.6 is 11.3 Å². The van der Waals surface area contributed by atoms with Crippen LogP contribution in [-0.4, -0.2) is 34.4 Å². The van der Waals surface area contributed by atoms with Crippen molar-refractivity contribution in [3.05, 3.63) is 40.3 Å². The molecule has 2 aliphatic rings. The summed E-state index contributed by atoms with van der Waals surface area (Å²) in [6, 6.07) is 5.39. The topological polar surface area (TPSA) is 59.2 Å². The Morgan fingerprint density at radius 2 is 2.21 bits per heavy atom. The Bertz CT molecular complexity index is 819. The molecular weight excluding hydrogens is 325 g/mol. The van der Waals surface area contributed by atoms with Gasteiger partial charge < -0.3 is 10.6 Å². The van der Waals surface area contributed by atoms with Gasteiger partial charge in [-0.25, -0.2) is 9.37 Å². The monoisotopic (exact) mass is 345 g/mol. The Balaban J connectivity index is 1.77. The van der Waals surface area contributed by atoms with Crippen molar-refractivity contribution in [2.75, 3.05) is 6.54 Å². The van der Waals surface area contributed by atoms with Crippen molar-refractivity contribution in [1.29, 1.82) is 0 Å². The molecule has 1 aromatic heterocycles. The van der Waals surface area contributed by atoms with E-state index in [1.165, 1.54) is 17.4 Å². The Kier molecular flexibility index (Phi) is 3.69. The number of hydrogen-bond acceptors (Lipinski definition) is 4. The highest BCUT2D eigenvalue weighted by Crippen LogP contribution is 2.48. The van der Waals surface area contributed by atoms with Crippen LogP contribution in [0.4, 0.5) is 4.39 Å². The molecule has 4 nitrogen and oxygen atoms in total. The summed E-state index contributed by atoms with van der Waals surface area (Å²) in [5, 5.41) is 0.813. The fourth-order valence-electron chi connectivity index (χ4n) is 3.82. The molecule has 0 unspecified atom stereocenters. The molecule has 0 spiro atoms. The molecule has 3 atom stereocenters. The fraction of sp³-hybridized carbons (Fsp3) is 0.444. The lowest BCUT2D eigenvalue weighted by atomic mass is 10.0. The first-order valence-corrected chi connectivity index (χ1v) is 9.08. The normalized spacial score (nSPS) is 25.0. The van der Waals surface area contributed by atoms with E-state index >= 15 is 0 Å². The van der Waals surface area contributed by atoms with E-state index in [0.717, 1.165) is 28.3 Å². The molecule has 1 aliphatic carbocycles. The first-order valence-electron chi connectivity index (χ1n) is 8.27. The average molecular weight is 345 g/mol. The molecule has 1 saturated heterocycles. The summed E-state index contributed by atoms with van der Waals surface area (Å²) in [4.78, 5) is 20.4. The van der Waals surface area contributed by atoms with E-state index in [2.05, 4.69) is 4.98 Å². The summed E-state index contributed by atoms with van der Waals surface area (Å²) in [6.45, 7) is 4.10. The molecule has 0 radical (unpaired) electrons. The van der Waals surface area contributed by atoms with Gasteiger partial charge in [0.15, 0.2) is 0 Å². The molecule has 6 heteroatoms. The zero-order valence-electron chi connectivity index (χ0n) is 13.8. The summed E-state index contributed by atoms with van der Waals surface area (Å²) < 4.78 is 14.0. The Hall–Kier alpha value is -1.79. The van der Waals surface area contributed by atoms with Gasteiger partial charge in [0, 0.05) is 18.6 Å². The predicted octanol–water partition coefficient (Wildman–Crippen LogP) is 3.13. The van der Waals surface area contributed by atoms with Crippen LogP contribution in [0.5, 0.6) is 0 Å². The number of carbonyl (C=O) groups excluding carboxylic acids is 1. The van der Waals surface area contributed by atoms with Crippen molar-refractivity contribution in [1.82, 2.24) is 9.88 Å². The molecule has 2 aromatic rings. The average Bonchev–Trinajstić information content (AvgIpc) is 3.05. The van der Waals surface area contributed by atoms with Crippen LogP contribution in [0.3, 0.4) is 0 Å². The van der Waals surface area contributed by atoms with Gasteiger partial charge in [-0.1, -0.05) is 12.1 Å². The molecule has 4 rings (SSSR count). The smallest absolute Gasteiger partial charge is 0.274 e. The molecule has 1 saturated carbocycles. The highest BCUT2D eigenvalue weighted by molar-refractivity contribution is 7.15. The van der Waals surface area contributed by atoms with Crippen molar-refractivity contribution in [2.24, 2.45) is 11.7 Å². The van der Waals surface area contributed by atoms with Gasteiger partial charge in [0.1, 0.15) is 11.5 Å². The number of hydrogen-bond donors (Lipinski definition) is 1. The molecule has 1 aliphatic heterocycles. The van der Waals surface area contributed by atoms with Crippen LogP contribution in [-0.2, 0) is 0 Å². The molecule has 1 amide bonds. The number of fused-ring (bicyclic) bond motifs is 1. The van der Waals surface area contributed by atoms with E-state index in [1.807, 2.05) is 17.9 Å². The molecule has 2 N–H and O–H groups in total. The summed E-state index contributed by atoms with van der Waals surface area (Å²) >= 11 is 1.44. The number of nitrogens with zero attached hydrogens (tertiary/aromatic N) is 2. The fourth-order valence-corrected chi connectivity index (χ4v) is 4.81. The van der Waals surface area contributed by atoms with Crippen molar-refractivity contribution in [2.45, 2.75) is 38.8 Å². The van der Waals surface area contributed by atoms with Gasteiger partial charge in [0.05, 0.1) is 9.88 Å². The standard InChI is InChI=1S/C18H20FN3OS/c1-9-13(4-3-5-14(9)19)17-16(21-10(2)24-17)18(23)22-12(8-20)6-11-7-15(11)22/h3-5,11-12,15H,6-8,20H2,1-2H3/t11-,12+,15+/m1/s1. The second-order valence-electron chi connectivity index (χ2n) is 6.72. The number of aromatic nitrogens is 1. The Morgan fingerprint density at radius 1 is 1.42 bits per heavy atom. The zero-order valence-corrected chi connectivity index (χ0v) is 14.6. The quantitative estimate of drug-likeness (QED) is 0.930. The summed E-state index contributed by atoms with van der Waals surface area (Å²) in [7, 11) is 0.